The average Bonchev–Trinajstić information content (AvgIpc) is 2.79. The van der Waals surface area contributed by atoms with Gasteiger partial charge in [0.2, 0.25) is 5.91 Å². The van der Waals surface area contributed by atoms with E-state index in [1.54, 1.807) is 0 Å². The first-order valence-corrected chi connectivity index (χ1v) is 7.41. The topological polar surface area (TPSA) is 41.1 Å². The molecule has 0 aliphatic carbocycles. The second-order valence-electron chi connectivity index (χ2n) is 4.41. The first kappa shape index (κ1) is 13.8. The summed E-state index contributed by atoms with van der Waals surface area (Å²) in [5.41, 5.74) is 0. The molecule has 0 saturated carbocycles. The Kier molecular flexibility index (Phi) is 6.88. The quantitative estimate of drug-likeness (QED) is 0.671. The smallest absolute Gasteiger partial charge is 0.236 e. The molecule has 0 spiro atoms. The number of carbonyl (C=O) groups is 1. The van der Waals surface area contributed by atoms with E-state index in [0.29, 0.717) is 5.25 Å². The Morgan fingerprint density at radius 1 is 1.56 bits per heavy atom. The SMILES string of the molecule is CCCCNC(=O)C(C)NCC1CCCS1. The van der Waals surface area contributed by atoms with Crippen molar-refractivity contribution in [3.05, 3.63) is 0 Å². The molecule has 2 N–H and O–H groups in total. The van der Waals surface area contributed by atoms with E-state index in [4.69, 9.17) is 0 Å². The van der Waals surface area contributed by atoms with Crippen LogP contribution < -0.4 is 10.6 Å². The lowest BCUT2D eigenvalue weighted by atomic mass is 10.2. The monoisotopic (exact) mass is 244 g/mol. The van der Waals surface area contributed by atoms with Gasteiger partial charge in [-0.1, -0.05) is 13.3 Å². The van der Waals surface area contributed by atoms with Crippen molar-refractivity contribution in [2.24, 2.45) is 0 Å². The summed E-state index contributed by atoms with van der Waals surface area (Å²) >= 11 is 2.02. The number of rotatable bonds is 7. The molecule has 0 aromatic heterocycles. The van der Waals surface area contributed by atoms with Gasteiger partial charge < -0.3 is 10.6 Å². The van der Waals surface area contributed by atoms with Gasteiger partial charge in [-0.25, -0.2) is 0 Å². The van der Waals surface area contributed by atoms with Crippen LogP contribution in [0.4, 0.5) is 0 Å². The van der Waals surface area contributed by atoms with Gasteiger partial charge in [0.25, 0.3) is 0 Å². The third-order valence-corrected chi connectivity index (χ3v) is 4.30. The highest BCUT2D eigenvalue weighted by Gasteiger charge is 2.18. The maximum Gasteiger partial charge on any atom is 0.236 e. The van der Waals surface area contributed by atoms with Crippen LogP contribution in [0.5, 0.6) is 0 Å². The van der Waals surface area contributed by atoms with Gasteiger partial charge >= 0.3 is 0 Å². The molecule has 0 radical (unpaired) electrons. The number of nitrogens with one attached hydrogen (secondary N) is 2. The summed E-state index contributed by atoms with van der Waals surface area (Å²) in [6.07, 6.45) is 4.81. The molecular formula is C12H24N2OS. The van der Waals surface area contributed by atoms with Gasteiger partial charge in [0, 0.05) is 18.3 Å². The fraction of sp³-hybridized carbons (Fsp3) is 0.917. The molecule has 94 valence electrons. The standard InChI is InChI=1S/C12H24N2OS/c1-3-4-7-13-12(15)10(2)14-9-11-6-5-8-16-11/h10-11,14H,3-9H2,1-2H3,(H,13,15). The minimum absolute atomic E-state index is 0.0574. The highest BCUT2D eigenvalue weighted by molar-refractivity contribution is 8.00. The molecule has 2 unspecified atom stereocenters. The van der Waals surface area contributed by atoms with E-state index < -0.39 is 0 Å². The lowest BCUT2D eigenvalue weighted by molar-refractivity contribution is -0.122. The van der Waals surface area contributed by atoms with E-state index >= 15 is 0 Å². The molecule has 2 atom stereocenters. The predicted octanol–water partition coefficient (Wildman–Crippen LogP) is 1.78. The van der Waals surface area contributed by atoms with Crippen molar-refractivity contribution in [3.8, 4) is 0 Å². The molecule has 1 aliphatic rings. The van der Waals surface area contributed by atoms with Gasteiger partial charge in [0.15, 0.2) is 0 Å². The van der Waals surface area contributed by atoms with Crippen molar-refractivity contribution in [2.45, 2.75) is 50.8 Å². The van der Waals surface area contributed by atoms with Crippen LogP contribution in [0.15, 0.2) is 0 Å². The fourth-order valence-electron chi connectivity index (χ4n) is 1.75. The van der Waals surface area contributed by atoms with Crippen molar-refractivity contribution in [2.75, 3.05) is 18.8 Å². The first-order valence-electron chi connectivity index (χ1n) is 6.36. The van der Waals surface area contributed by atoms with Crippen LogP contribution in [0.2, 0.25) is 0 Å². The maximum absolute atomic E-state index is 11.6. The molecule has 0 bridgehead atoms. The summed E-state index contributed by atoms with van der Waals surface area (Å²) in [6.45, 7) is 5.85. The van der Waals surface area contributed by atoms with E-state index in [9.17, 15) is 4.79 Å². The van der Waals surface area contributed by atoms with Crippen LogP contribution in [0.25, 0.3) is 0 Å². The second-order valence-corrected chi connectivity index (χ2v) is 5.82. The zero-order chi connectivity index (χ0) is 11.8. The normalized spacial score (nSPS) is 22.0. The highest BCUT2D eigenvalue weighted by Crippen LogP contribution is 2.25. The summed E-state index contributed by atoms with van der Waals surface area (Å²) in [5, 5.41) is 6.98. The van der Waals surface area contributed by atoms with Crippen LogP contribution in [0, 0.1) is 0 Å². The summed E-state index contributed by atoms with van der Waals surface area (Å²) in [7, 11) is 0. The lowest BCUT2D eigenvalue weighted by Crippen LogP contribution is -2.44. The molecule has 1 fully saturated rings. The fourth-order valence-corrected chi connectivity index (χ4v) is 2.96. The summed E-state index contributed by atoms with van der Waals surface area (Å²) in [6, 6.07) is -0.0574. The number of carbonyl (C=O) groups excluding carboxylic acids is 1. The number of hydrogen-bond donors (Lipinski definition) is 2. The Balaban J connectivity index is 2.07. The number of hydrogen-bond acceptors (Lipinski definition) is 3. The molecule has 1 aliphatic heterocycles. The molecule has 16 heavy (non-hydrogen) atoms. The molecule has 1 saturated heterocycles. The van der Waals surface area contributed by atoms with Crippen molar-refractivity contribution < 1.29 is 4.79 Å². The van der Waals surface area contributed by atoms with Gasteiger partial charge in [0.1, 0.15) is 0 Å². The summed E-state index contributed by atoms with van der Waals surface area (Å²) in [4.78, 5) is 11.6. The highest BCUT2D eigenvalue weighted by atomic mass is 32.2. The van der Waals surface area contributed by atoms with Crippen molar-refractivity contribution in [1.29, 1.82) is 0 Å². The van der Waals surface area contributed by atoms with Gasteiger partial charge in [-0.05, 0) is 31.9 Å². The second kappa shape index (κ2) is 7.96. The Hall–Kier alpha value is -0.220. The largest absolute Gasteiger partial charge is 0.355 e. The Labute approximate surface area is 103 Å². The minimum Gasteiger partial charge on any atom is -0.355 e. The lowest BCUT2D eigenvalue weighted by Gasteiger charge is -2.16. The zero-order valence-corrected chi connectivity index (χ0v) is 11.2. The maximum atomic E-state index is 11.6. The van der Waals surface area contributed by atoms with Crippen LogP contribution >= 0.6 is 11.8 Å². The Bertz CT molecular complexity index is 205. The number of unbranched alkanes of at least 4 members (excludes halogenated alkanes) is 1. The molecule has 3 nitrogen and oxygen atoms in total. The van der Waals surface area contributed by atoms with Crippen LogP contribution in [-0.4, -0.2) is 36.0 Å². The summed E-state index contributed by atoms with van der Waals surface area (Å²) in [5.74, 6) is 1.42. The first-order chi connectivity index (χ1) is 7.74. The Morgan fingerprint density at radius 3 is 3.00 bits per heavy atom. The van der Waals surface area contributed by atoms with Crippen LogP contribution in [0.1, 0.15) is 39.5 Å². The molecule has 0 aromatic carbocycles. The third kappa shape index (κ3) is 5.21. The van der Waals surface area contributed by atoms with E-state index in [1.807, 2.05) is 18.7 Å². The zero-order valence-electron chi connectivity index (χ0n) is 10.4. The van der Waals surface area contributed by atoms with Crippen molar-refractivity contribution in [1.82, 2.24) is 10.6 Å². The molecule has 4 heteroatoms. The molecule has 1 heterocycles. The molecule has 1 amide bonds. The third-order valence-electron chi connectivity index (χ3n) is 2.90. The van der Waals surface area contributed by atoms with Crippen LogP contribution in [0.3, 0.4) is 0 Å². The summed E-state index contributed by atoms with van der Waals surface area (Å²) < 4.78 is 0. The van der Waals surface area contributed by atoms with E-state index in [-0.39, 0.29) is 11.9 Å². The van der Waals surface area contributed by atoms with Crippen molar-refractivity contribution >= 4 is 17.7 Å². The Morgan fingerprint density at radius 2 is 2.38 bits per heavy atom. The van der Waals surface area contributed by atoms with Gasteiger partial charge in [-0.15, -0.1) is 0 Å². The van der Waals surface area contributed by atoms with Crippen LogP contribution in [-0.2, 0) is 4.79 Å². The van der Waals surface area contributed by atoms with Gasteiger partial charge in [-0.3, -0.25) is 4.79 Å². The minimum atomic E-state index is -0.0574. The van der Waals surface area contributed by atoms with Crippen molar-refractivity contribution in [3.63, 3.8) is 0 Å². The van der Waals surface area contributed by atoms with E-state index in [2.05, 4.69) is 17.6 Å². The molecular weight excluding hydrogens is 220 g/mol. The average molecular weight is 244 g/mol. The number of amides is 1. The number of thioether (sulfide) groups is 1. The van der Waals surface area contributed by atoms with E-state index in [0.717, 1.165) is 25.9 Å². The molecule has 0 aromatic rings. The van der Waals surface area contributed by atoms with Gasteiger partial charge in [0.05, 0.1) is 6.04 Å². The molecule has 1 rings (SSSR count). The van der Waals surface area contributed by atoms with E-state index in [1.165, 1.54) is 18.6 Å². The van der Waals surface area contributed by atoms with Gasteiger partial charge in [-0.2, -0.15) is 11.8 Å². The predicted molar refractivity (Wildman–Crippen MR) is 70.9 cm³/mol.